The average molecular weight is 2020 g/mol. The fourth-order valence-corrected chi connectivity index (χ4v) is 33.0. The molecule has 0 aliphatic carbocycles. The molecular formula is C124H180S11. The van der Waals surface area contributed by atoms with Crippen LogP contribution in [0.5, 0.6) is 0 Å². The number of allylic oxidation sites excluding steroid dienone is 4. The number of aryl methyl sites for hydroxylation is 7. The normalized spacial score (nSPS) is 12.3. The molecule has 0 unspecified atom stereocenters. The number of rotatable bonds is 78. The van der Waals surface area contributed by atoms with Crippen molar-refractivity contribution >= 4 is 136 Å². The van der Waals surface area contributed by atoms with E-state index in [4.69, 9.17) is 0 Å². The van der Waals surface area contributed by atoms with Gasteiger partial charge >= 0.3 is 0 Å². The van der Waals surface area contributed by atoms with Gasteiger partial charge in [0.05, 0.1) is 0 Å². The summed E-state index contributed by atoms with van der Waals surface area (Å²) in [5.74, 6) is 0. The molecule has 11 heteroatoms. The summed E-state index contributed by atoms with van der Waals surface area (Å²) in [6.07, 6.45) is 92.0. The van der Waals surface area contributed by atoms with Crippen molar-refractivity contribution in [2.75, 3.05) is 0 Å². The first kappa shape index (κ1) is 112. The lowest BCUT2D eigenvalue weighted by atomic mass is 9.97. The molecule has 0 amide bonds. The zero-order valence-corrected chi connectivity index (χ0v) is 95.5. The number of unbranched alkanes of at least 4 members (excludes halogenated alkanes) is 54. The molecule has 0 bridgehead atoms. The maximum Gasteiger partial charge on any atom is 0.0481 e. The maximum absolute atomic E-state index is 2.68. The van der Waals surface area contributed by atoms with Crippen LogP contribution in [-0.2, 0) is 32.1 Å². The van der Waals surface area contributed by atoms with E-state index in [0.717, 1.165) is 25.7 Å². The summed E-state index contributed by atoms with van der Waals surface area (Å²) in [4.78, 5) is 32.1. The van der Waals surface area contributed by atoms with Crippen LogP contribution in [0.2, 0.25) is 0 Å². The van der Waals surface area contributed by atoms with Gasteiger partial charge in [-0.25, -0.2) is 0 Å². The fraction of sp³-hybridized carbons (Fsp3) is 0.613. The van der Waals surface area contributed by atoms with Crippen LogP contribution < -0.4 is 0 Å². The van der Waals surface area contributed by atoms with Crippen molar-refractivity contribution in [1.29, 1.82) is 0 Å². The zero-order chi connectivity index (χ0) is 94.5. The van der Waals surface area contributed by atoms with Crippen molar-refractivity contribution in [2.24, 2.45) is 0 Å². The van der Waals surface area contributed by atoms with Crippen LogP contribution in [0.3, 0.4) is 0 Å². The van der Waals surface area contributed by atoms with Crippen molar-refractivity contribution in [3.05, 3.63) is 162 Å². The topological polar surface area (TPSA) is 0 Å². The quantitative estimate of drug-likeness (QED) is 0.0263. The molecule has 0 atom stereocenters. The molecule has 0 spiro atoms. The van der Waals surface area contributed by atoms with Gasteiger partial charge in [-0.2, -0.15) is 0 Å². The average Bonchev–Trinajstić information content (AvgIpc) is 1.62. The molecule has 0 saturated heterocycles. The first-order valence-corrected chi connectivity index (χ1v) is 65.0. The van der Waals surface area contributed by atoms with Crippen LogP contribution in [0, 0.1) is 13.8 Å². The van der Waals surface area contributed by atoms with E-state index in [9.17, 15) is 0 Å². The summed E-state index contributed by atoms with van der Waals surface area (Å²) in [6, 6.07) is 42.7. The van der Waals surface area contributed by atoms with Crippen molar-refractivity contribution < 1.29 is 0 Å². The Morgan fingerprint density at radius 3 is 0.689 bits per heavy atom. The molecular weight excluding hydrogens is 1840 g/mol. The van der Waals surface area contributed by atoms with Gasteiger partial charge in [0.25, 0.3) is 0 Å². The van der Waals surface area contributed by atoms with Crippen molar-refractivity contribution in [3.8, 4) is 87.8 Å². The molecule has 742 valence electrons. The van der Waals surface area contributed by atoms with Crippen LogP contribution in [0.1, 0.15) is 494 Å². The van der Waals surface area contributed by atoms with Crippen molar-refractivity contribution in [3.63, 3.8) is 0 Å². The third-order valence-corrected chi connectivity index (χ3v) is 42.6. The van der Waals surface area contributed by atoms with Gasteiger partial charge < -0.3 is 0 Å². The molecule has 135 heavy (non-hydrogen) atoms. The van der Waals surface area contributed by atoms with Crippen molar-refractivity contribution in [1.82, 2.24) is 0 Å². The predicted molar refractivity (Wildman–Crippen MR) is 628 cm³/mol. The minimum absolute atomic E-state index is 1.13. The Kier molecular flexibility index (Phi) is 54.7. The van der Waals surface area contributed by atoms with E-state index in [0.29, 0.717) is 0 Å². The molecule has 11 aromatic heterocycles. The van der Waals surface area contributed by atoms with Gasteiger partial charge in [-0.05, 0) is 252 Å². The van der Waals surface area contributed by atoms with Gasteiger partial charge in [-0.1, -0.05) is 394 Å². The highest BCUT2D eigenvalue weighted by molar-refractivity contribution is 7.32. The molecule has 0 saturated carbocycles. The van der Waals surface area contributed by atoms with Crippen LogP contribution in [0.15, 0.2) is 115 Å². The molecule has 11 aromatic rings. The fourth-order valence-electron chi connectivity index (χ4n) is 20.1. The third-order valence-electron chi connectivity index (χ3n) is 28.4. The lowest BCUT2D eigenvalue weighted by Crippen LogP contribution is -1.89. The van der Waals surface area contributed by atoms with Gasteiger partial charge in [0.2, 0.25) is 0 Å². The lowest BCUT2D eigenvalue weighted by Gasteiger charge is -2.10. The van der Waals surface area contributed by atoms with Gasteiger partial charge in [0.1, 0.15) is 0 Å². The maximum atomic E-state index is 2.68. The summed E-state index contributed by atoms with van der Waals surface area (Å²) in [5, 5.41) is 0. The second-order valence-electron chi connectivity index (χ2n) is 40.4. The van der Waals surface area contributed by atoms with Gasteiger partial charge in [0, 0.05) is 107 Å². The molecule has 0 N–H and O–H groups in total. The molecule has 0 fully saturated rings. The first-order valence-electron chi connectivity index (χ1n) is 56.0. The third kappa shape index (κ3) is 39.0. The summed E-state index contributed by atoms with van der Waals surface area (Å²) in [6.45, 7) is 23.6. The SMILES string of the molecule is CCCCCCCCCCCCC(/C=C(\C)c1cc(CCCCCCCCCCCC)c(-c2ccc(-c3ccc(-c4sc(-c5cc(CCCCCCCCCCCC)c(-c6ccc(-c7ccc(-c8sc(C)cc8CCCCCCCCCCCC)s7)s6)s5)cc4CCCCCCCCCCCC)s3)s2)s1)=C(/C)c1ccc(-c2ccc(-c3sc(C)cc3CCCCCCCCCCCC)s2)s1. The highest BCUT2D eigenvalue weighted by Gasteiger charge is 2.25. The Balaban J connectivity index is 0.850. The second kappa shape index (κ2) is 66.2. The summed E-state index contributed by atoms with van der Waals surface area (Å²) in [7, 11) is 0. The Hall–Kier alpha value is -3.82. The van der Waals surface area contributed by atoms with E-state index < -0.39 is 0 Å². The van der Waals surface area contributed by atoms with E-state index in [-0.39, 0.29) is 0 Å². The minimum Gasteiger partial charge on any atom is -0.139 e. The molecule has 0 aromatic carbocycles. The van der Waals surface area contributed by atoms with E-state index >= 15 is 0 Å². The molecule has 0 nitrogen and oxygen atoms in total. The lowest BCUT2D eigenvalue weighted by molar-refractivity contribution is 0.556. The standard InChI is InChI=1S/C124H180S11/c1-11-17-23-29-35-41-47-53-59-65-71-99(98(10)105-77-78-106(127-105)107-79-84-112(128-107)120-100(90-96(8)125-120)72-66-60-54-48-42-36-30-24-18-12-2)89-95(7)117-92-102(74-68-62-56-50-44-38-32-26-20-14-4)122(133-117)114-86-81-110(130-114)111-83-88-116(132-111)124-104(76-70-64-58-52-46-40-34-28-22-16-6)94-119(135-124)118-93-103(75-69-63-57-51-45-39-33-27-21-15-5)123(134-118)115-87-82-109(131-115)108-80-85-113(129-108)121-101(91-97(9)126-121)73-67-61-55-49-43-37-31-25-19-13-3/h77-94H,11-76H2,1-10H3/b95-89+,99-98+. The largest absolute Gasteiger partial charge is 0.139 e. The molecule has 0 radical (unpaired) electrons. The minimum atomic E-state index is 1.13. The zero-order valence-electron chi connectivity index (χ0n) is 86.6. The van der Waals surface area contributed by atoms with E-state index in [1.807, 2.05) is 68.0 Å². The molecule has 11 heterocycles. The van der Waals surface area contributed by atoms with Crippen LogP contribution in [0.4, 0.5) is 0 Å². The van der Waals surface area contributed by atoms with Gasteiger partial charge in [-0.15, -0.1) is 125 Å². The van der Waals surface area contributed by atoms with Crippen molar-refractivity contribution in [2.45, 2.75) is 493 Å². The second-order valence-corrected chi connectivity index (χ2v) is 52.5. The smallest absolute Gasteiger partial charge is 0.0481 e. The van der Waals surface area contributed by atoms with E-state index in [2.05, 4.69) is 235 Å². The first-order chi connectivity index (χ1) is 66.4. The number of hydrogen-bond donors (Lipinski definition) is 0. The van der Waals surface area contributed by atoms with Crippen LogP contribution in [0.25, 0.3) is 98.9 Å². The van der Waals surface area contributed by atoms with Crippen LogP contribution in [-0.4, -0.2) is 0 Å². The van der Waals surface area contributed by atoms with Gasteiger partial charge in [0.15, 0.2) is 0 Å². The van der Waals surface area contributed by atoms with Gasteiger partial charge in [-0.3, -0.25) is 0 Å². The predicted octanol–water partition coefficient (Wildman–Crippen LogP) is 48.5. The Morgan fingerprint density at radius 1 is 0.193 bits per heavy atom. The van der Waals surface area contributed by atoms with Crippen LogP contribution >= 0.6 is 125 Å². The summed E-state index contributed by atoms with van der Waals surface area (Å²) < 4.78 is 0. The number of thiophene rings is 11. The Morgan fingerprint density at radius 2 is 0.407 bits per heavy atom. The molecule has 11 rings (SSSR count). The van der Waals surface area contributed by atoms with E-state index in [1.54, 1.807) is 27.8 Å². The molecule has 0 aliphatic rings. The van der Waals surface area contributed by atoms with E-state index in [1.165, 1.54) is 522 Å². The highest BCUT2D eigenvalue weighted by Crippen LogP contribution is 2.53. The summed E-state index contributed by atoms with van der Waals surface area (Å²) in [5.41, 5.74) is 12.3. The highest BCUT2D eigenvalue weighted by atomic mass is 32.1. The number of hydrogen-bond acceptors (Lipinski definition) is 11. The summed E-state index contributed by atoms with van der Waals surface area (Å²) >= 11 is 22.6. The Bertz CT molecular complexity index is 5020. The molecule has 0 aliphatic heterocycles. The Labute approximate surface area is 870 Å². The monoisotopic (exact) mass is 2020 g/mol.